The van der Waals surface area contributed by atoms with Crippen LogP contribution in [0, 0.1) is 11.8 Å². The maximum atomic E-state index is 14.0. The lowest BCUT2D eigenvalue weighted by Gasteiger charge is -2.35. The van der Waals surface area contributed by atoms with E-state index in [1.807, 2.05) is 29.2 Å². The summed E-state index contributed by atoms with van der Waals surface area (Å²) in [6.45, 7) is 2.74. The summed E-state index contributed by atoms with van der Waals surface area (Å²) < 4.78 is 5.53. The van der Waals surface area contributed by atoms with Crippen molar-refractivity contribution in [2.24, 2.45) is 17.6 Å². The van der Waals surface area contributed by atoms with Crippen molar-refractivity contribution in [3.8, 4) is 17.0 Å². The van der Waals surface area contributed by atoms with E-state index in [-0.39, 0.29) is 36.2 Å². The van der Waals surface area contributed by atoms with Crippen LogP contribution in [0.25, 0.3) is 11.3 Å². The molecule has 1 saturated heterocycles. The Bertz CT molecular complexity index is 1070. The van der Waals surface area contributed by atoms with Gasteiger partial charge in [-0.05, 0) is 67.5 Å². The summed E-state index contributed by atoms with van der Waals surface area (Å²) in [5, 5.41) is 3.70. The Morgan fingerprint density at radius 1 is 1.17 bits per heavy atom. The fourth-order valence-electron chi connectivity index (χ4n) is 5.49. The topological polar surface area (TPSA) is 97.5 Å². The van der Waals surface area contributed by atoms with E-state index >= 15 is 0 Å². The standard InChI is InChI=1S/C28H37ClN4O3/c1-18(17-30)27(34)32-26(19-7-4-3-5-8-19)28(35)33-14-6-9-24(33)20-12-13-31-23(15-20)22-16-21(29)10-11-25(22)36-2/h10-13,15-16,18-19,24,26H,3-9,14,17,30H2,1-2H3,(H,32,34). The molecular formula is C28H37ClN4O3. The predicted molar refractivity (Wildman–Crippen MR) is 142 cm³/mol. The number of carbonyl (C=O) groups excluding carboxylic acids is 2. The highest BCUT2D eigenvalue weighted by Gasteiger charge is 2.39. The molecule has 1 aliphatic heterocycles. The van der Waals surface area contributed by atoms with E-state index in [4.69, 9.17) is 22.1 Å². The molecule has 1 saturated carbocycles. The van der Waals surface area contributed by atoms with E-state index in [1.165, 1.54) is 6.42 Å². The number of hydrogen-bond acceptors (Lipinski definition) is 5. The molecular weight excluding hydrogens is 476 g/mol. The zero-order valence-electron chi connectivity index (χ0n) is 21.2. The van der Waals surface area contributed by atoms with Crippen molar-refractivity contribution >= 4 is 23.4 Å². The second-order valence-corrected chi connectivity index (χ2v) is 10.5. The van der Waals surface area contributed by atoms with Crippen LogP contribution >= 0.6 is 11.6 Å². The Morgan fingerprint density at radius 2 is 1.94 bits per heavy atom. The highest BCUT2D eigenvalue weighted by atomic mass is 35.5. The molecule has 2 aromatic rings. The van der Waals surface area contributed by atoms with Crippen LogP contribution in [0.1, 0.15) is 63.5 Å². The average Bonchev–Trinajstić information content (AvgIpc) is 3.41. The molecule has 1 aliphatic carbocycles. The second-order valence-electron chi connectivity index (χ2n) is 10.0. The van der Waals surface area contributed by atoms with Gasteiger partial charge in [-0.25, -0.2) is 0 Å². The van der Waals surface area contributed by atoms with Gasteiger partial charge in [0.25, 0.3) is 0 Å². The molecule has 0 bridgehead atoms. The van der Waals surface area contributed by atoms with Crippen molar-refractivity contribution < 1.29 is 14.3 Å². The zero-order valence-corrected chi connectivity index (χ0v) is 22.0. The lowest BCUT2D eigenvalue weighted by atomic mass is 9.83. The molecule has 36 heavy (non-hydrogen) atoms. The number of nitrogens with zero attached hydrogens (tertiary/aromatic N) is 2. The summed E-state index contributed by atoms with van der Waals surface area (Å²) in [6, 6.07) is 8.88. The lowest BCUT2D eigenvalue weighted by molar-refractivity contribution is -0.140. The van der Waals surface area contributed by atoms with Gasteiger partial charge in [-0.3, -0.25) is 14.6 Å². The van der Waals surface area contributed by atoms with Crippen LogP contribution in [0.4, 0.5) is 0 Å². The van der Waals surface area contributed by atoms with Gasteiger partial charge < -0.3 is 20.7 Å². The summed E-state index contributed by atoms with van der Waals surface area (Å²) in [5.74, 6) is 0.397. The number of hydrogen-bond donors (Lipinski definition) is 2. The van der Waals surface area contributed by atoms with Crippen molar-refractivity contribution in [3.63, 3.8) is 0 Å². The molecule has 0 radical (unpaired) electrons. The largest absolute Gasteiger partial charge is 0.496 e. The second kappa shape index (κ2) is 12.1. The van der Waals surface area contributed by atoms with Crippen molar-refractivity contribution in [1.29, 1.82) is 0 Å². The molecule has 8 heteroatoms. The van der Waals surface area contributed by atoms with Gasteiger partial charge in [0.05, 0.1) is 18.8 Å². The predicted octanol–water partition coefficient (Wildman–Crippen LogP) is 4.73. The van der Waals surface area contributed by atoms with Gasteiger partial charge in [0.2, 0.25) is 11.8 Å². The first kappa shape index (κ1) is 26.4. The molecule has 1 aromatic heterocycles. The molecule has 3 N–H and O–H groups in total. The van der Waals surface area contributed by atoms with Gasteiger partial charge in [0, 0.05) is 35.8 Å². The van der Waals surface area contributed by atoms with Crippen LogP contribution in [0.5, 0.6) is 5.75 Å². The number of pyridine rings is 1. The van der Waals surface area contributed by atoms with E-state index in [1.54, 1.807) is 26.3 Å². The normalized spacial score (nSPS) is 20.1. The molecule has 3 atom stereocenters. The summed E-state index contributed by atoms with van der Waals surface area (Å²) in [5.41, 5.74) is 8.32. The van der Waals surface area contributed by atoms with Crippen molar-refractivity contribution in [2.75, 3.05) is 20.2 Å². The Labute approximate surface area is 218 Å². The number of amides is 2. The fourth-order valence-corrected chi connectivity index (χ4v) is 5.66. The number of benzene rings is 1. The molecule has 7 nitrogen and oxygen atoms in total. The van der Waals surface area contributed by atoms with Crippen LogP contribution in [0.15, 0.2) is 36.5 Å². The van der Waals surface area contributed by atoms with Crippen LogP contribution in [0.2, 0.25) is 5.02 Å². The van der Waals surface area contributed by atoms with Crippen molar-refractivity contribution in [2.45, 2.75) is 64.0 Å². The Kier molecular flexibility index (Phi) is 8.86. The van der Waals surface area contributed by atoms with Gasteiger partial charge in [-0.15, -0.1) is 0 Å². The first-order chi connectivity index (χ1) is 17.4. The van der Waals surface area contributed by atoms with Gasteiger partial charge >= 0.3 is 0 Å². The lowest BCUT2D eigenvalue weighted by Crippen LogP contribution is -2.54. The Hall–Kier alpha value is -2.64. The number of nitrogens with two attached hydrogens (primary N) is 1. The SMILES string of the molecule is COc1ccc(Cl)cc1-c1cc(C2CCCN2C(=O)C(NC(=O)C(C)CN)C2CCCCC2)ccn1. The van der Waals surface area contributed by atoms with Gasteiger partial charge in [-0.2, -0.15) is 0 Å². The number of nitrogens with one attached hydrogen (secondary N) is 1. The third-order valence-corrected chi connectivity index (χ3v) is 7.86. The number of aromatic nitrogens is 1. The minimum absolute atomic E-state index is 0.0145. The number of ether oxygens (including phenoxy) is 1. The number of rotatable bonds is 8. The van der Waals surface area contributed by atoms with E-state index in [0.717, 1.165) is 55.3 Å². The highest BCUT2D eigenvalue weighted by Crippen LogP contribution is 2.37. The van der Waals surface area contributed by atoms with Crippen LogP contribution in [-0.2, 0) is 9.59 Å². The summed E-state index contributed by atoms with van der Waals surface area (Å²) in [7, 11) is 1.62. The van der Waals surface area contributed by atoms with E-state index in [2.05, 4.69) is 10.3 Å². The zero-order chi connectivity index (χ0) is 25.7. The highest BCUT2D eigenvalue weighted by molar-refractivity contribution is 6.31. The Balaban J connectivity index is 1.61. The van der Waals surface area contributed by atoms with Gasteiger partial charge in [-0.1, -0.05) is 37.8 Å². The number of halogens is 1. The van der Waals surface area contributed by atoms with E-state index < -0.39 is 6.04 Å². The molecule has 0 spiro atoms. The molecule has 4 rings (SSSR count). The smallest absolute Gasteiger partial charge is 0.245 e. The maximum Gasteiger partial charge on any atom is 0.245 e. The fraction of sp³-hybridized carbons (Fsp3) is 0.536. The number of methoxy groups -OCH3 is 1. The van der Waals surface area contributed by atoms with E-state index in [0.29, 0.717) is 17.3 Å². The Morgan fingerprint density at radius 3 is 2.67 bits per heavy atom. The van der Waals surface area contributed by atoms with Gasteiger partial charge in [0.15, 0.2) is 0 Å². The first-order valence-electron chi connectivity index (χ1n) is 13.0. The van der Waals surface area contributed by atoms with Crippen molar-refractivity contribution in [3.05, 3.63) is 47.1 Å². The monoisotopic (exact) mass is 512 g/mol. The first-order valence-corrected chi connectivity index (χ1v) is 13.4. The van der Waals surface area contributed by atoms with Crippen LogP contribution < -0.4 is 15.8 Å². The number of likely N-dealkylation sites (tertiary alicyclic amines) is 1. The quantitative estimate of drug-likeness (QED) is 0.532. The third-order valence-electron chi connectivity index (χ3n) is 7.63. The molecule has 2 aliphatic rings. The maximum absolute atomic E-state index is 14.0. The average molecular weight is 513 g/mol. The van der Waals surface area contributed by atoms with Crippen LogP contribution in [-0.4, -0.2) is 47.9 Å². The summed E-state index contributed by atoms with van der Waals surface area (Å²) in [4.78, 5) is 33.3. The minimum atomic E-state index is -0.512. The third kappa shape index (κ3) is 5.84. The summed E-state index contributed by atoms with van der Waals surface area (Å²) >= 11 is 6.26. The molecule has 3 unspecified atom stereocenters. The molecule has 194 valence electrons. The molecule has 2 fully saturated rings. The molecule has 2 heterocycles. The van der Waals surface area contributed by atoms with Crippen LogP contribution in [0.3, 0.4) is 0 Å². The van der Waals surface area contributed by atoms with E-state index in [9.17, 15) is 9.59 Å². The summed E-state index contributed by atoms with van der Waals surface area (Å²) in [6.07, 6.45) is 8.84. The molecule has 2 amide bonds. The van der Waals surface area contributed by atoms with Crippen molar-refractivity contribution in [1.82, 2.24) is 15.2 Å². The number of carbonyl (C=O) groups is 2. The molecule has 1 aromatic carbocycles. The minimum Gasteiger partial charge on any atom is -0.496 e. The van der Waals surface area contributed by atoms with Gasteiger partial charge in [0.1, 0.15) is 11.8 Å².